The minimum Gasteiger partial charge on any atom is -0.396 e. The second kappa shape index (κ2) is 12.2. The lowest BCUT2D eigenvalue weighted by atomic mass is 9.65. The van der Waals surface area contributed by atoms with Crippen LogP contribution in [0.15, 0.2) is 25.3 Å². The van der Waals surface area contributed by atoms with Gasteiger partial charge >= 0.3 is 0 Å². The van der Waals surface area contributed by atoms with Crippen molar-refractivity contribution >= 4 is 29.5 Å². The molecule has 3 fully saturated rings. The van der Waals surface area contributed by atoms with Crippen LogP contribution in [0, 0.1) is 17.8 Å². The van der Waals surface area contributed by atoms with Crippen LogP contribution >= 0.6 is 11.8 Å². The van der Waals surface area contributed by atoms with Gasteiger partial charge in [-0.3, -0.25) is 14.4 Å². The summed E-state index contributed by atoms with van der Waals surface area (Å²) < 4.78 is -0.601. The van der Waals surface area contributed by atoms with Crippen LogP contribution in [0.5, 0.6) is 0 Å². The smallest absolute Gasteiger partial charge is 0.247 e. The number of carbonyl (C=O) groups excluding carboxylic acids is 3. The van der Waals surface area contributed by atoms with Gasteiger partial charge in [0.1, 0.15) is 6.04 Å². The lowest BCUT2D eigenvalue weighted by Crippen LogP contribution is -2.58. The highest BCUT2D eigenvalue weighted by Crippen LogP contribution is 2.69. The Bertz CT molecular complexity index is 849. The third-order valence-corrected chi connectivity index (χ3v) is 10.3. The maximum Gasteiger partial charge on any atom is 0.247 e. The summed E-state index contributed by atoms with van der Waals surface area (Å²) in [5, 5.41) is 9.27. The zero-order chi connectivity index (χ0) is 26.6. The lowest BCUT2D eigenvalue weighted by molar-refractivity contribution is -0.145. The van der Waals surface area contributed by atoms with Crippen molar-refractivity contribution in [2.45, 2.75) is 81.9 Å². The first-order valence-corrected chi connectivity index (χ1v) is 14.5. The van der Waals surface area contributed by atoms with Gasteiger partial charge in [-0.2, -0.15) is 0 Å². The molecule has 3 unspecified atom stereocenters. The van der Waals surface area contributed by atoms with E-state index in [0.717, 1.165) is 25.7 Å². The Morgan fingerprint density at radius 3 is 2.47 bits per heavy atom. The molecular formula is C28H45N3O4S. The van der Waals surface area contributed by atoms with Gasteiger partial charge in [-0.1, -0.05) is 26.0 Å². The minimum absolute atomic E-state index is 0.0266. The van der Waals surface area contributed by atoms with Gasteiger partial charge in [0.2, 0.25) is 17.7 Å². The van der Waals surface area contributed by atoms with E-state index in [1.807, 2.05) is 30.6 Å². The van der Waals surface area contributed by atoms with Crippen molar-refractivity contribution in [3.63, 3.8) is 0 Å². The molecule has 8 heteroatoms. The molecule has 1 spiro atoms. The zero-order valence-electron chi connectivity index (χ0n) is 22.5. The molecule has 3 aliphatic rings. The lowest BCUT2D eigenvalue weighted by Gasteiger charge is -2.41. The van der Waals surface area contributed by atoms with Crippen molar-refractivity contribution in [3.8, 4) is 0 Å². The number of hydrogen-bond donors (Lipinski definition) is 1. The van der Waals surface area contributed by atoms with Gasteiger partial charge in [0.25, 0.3) is 0 Å². The summed E-state index contributed by atoms with van der Waals surface area (Å²) in [6.07, 6.45) is 7.35. The van der Waals surface area contributed by atoms with Crippen LogP contribution < -0.4 is 0 Å². The van der Waals surface area contributed by atoms with E-state index in [0.29, 0.717) is 32.6 Å². The van der Waals surface area contributed by atoms with E-state index in [2.05, 4.69) is 20.1 Å². The molecule has 3 saturated heterocycles. The molecule has 3 aliphatic heterocycles. The van der Waals surface area contributed by atoms with Crippen LogP contribution in [-0.4, -0.2) is 92.4 Å². The van der Waals surface area contributed by atoms with Gasteiger partial charge < -0.3 is 19.8 Å². The Morgan fingerprint density at radius 1 is 1.19 bits per heavy atom. The Labute approximate surface area is 221 Å². The molecular weight excluding hydrogens is 474 g/mol. The molecule has 0 aromatic carbocycles. The van der Waals surface area contributed by atoms with Crippen molar-refractivity contribution in [3.05, 3.63) is 25.3 Å². The fourth-order valence-corrected chi connectivity index (χ4v) is 9.08. The number of unbranched alkanes of at least 4 members (excludes halogenated alkanes) is 2. The Balaban J connectivity index is 2.04. The highest BCUT2D eigenvalue weighted by molar-refractivity contribution is 8.02. The normalized spacial score (nSPS) is 30.6. The molecule has 2 bridgehead atoms. The number of likely N-dealkylation sites (tertiary alicyclic amines) is 1. The number of fused-ring (bicyclic) bond motifs is 1. The van der Waals surface area contributed by atoms with Crippen LogP contribution in [0.2, 0.25) is 0 Å². The first-order valence-electron chi connectivity index (χ1n) is 13.6. The minimum atomic E-state index is -0.601. The molecule has 0 aromatic rings. The fourth-order valence-electron chi connectivity index (χ4n) is 6.67. The highest BCUT2D eigenvalue weighted by atomic mass is 32.2. The van der Waals surface area contributed by atoms with E-state index >= 15 is 0 Å². The topological polar surface area (TPSA) is 81.2 Å². The fraction of sp³-hybridized carbons (Fsp3) is 0.750. The van der Waals surface area contributed by atoms with Gasteiger partial charge in [-0.25, -0.2) is 0 Å². The predicted molar refractivity (Wildman–Crippen MR) is 145 cm³/mol. The SMILES string of the molecule is C=CCN(CCC)C(=O)[C@@H]1[C@H]2C(=O)N(CCCCCO)C(C(=O)N(CC=C)C(C)C)C23S[C@@H]1CC3C. The molecule has 1 N–H and O–H groups in total. The average Bonchev–Trinajstić information content (AvgIpc) is 3.43. The van der Waals surface area contributed by atoms with E-state index in [-0.39, 0.29) is 41.5 Å². The molecule has 202 valence electrons. The molecule has 7 nitrogen and oxygen atoms in total. The van der Waals surface area contributed by atoms with Crippen LogP contribution in [0.25, 0.3) is 0 Å². The largest absolute Gasteiger partial charge is 0.396 e. The third-order valence-electron chi connectivity index (χ3n) is 8.21. The highest BCUT2D eigenvalue weighted by Gasteiger charge is 2.76. The second-order valence-electron chi connectivity index (χ2n) is 10.8. The second-order valence-corrected chi connectivity index (χ2v) is 12.4. The van der Waals surface area contributed by atoms with Crippen molar-refractivity contribution in [2.24, 2.45) is 17.8 Å². The summed E-state index contributed by atoms with van der Waals surface area (Å²) in [5.41, 5.74) is 0. The van der Waals surface area contributed by atoms with Crippen molar-refractivity contribution in [2.75, 3.05) is 32.8 Å². The molecule has 0 aliphatic carbocycles. The summed E-state index contributed by atoms with van der Waals surface area (Å²) in [6, 6.07) is -0.616. The molecule has 0 aromatic heterocycles. The zero-order valence-corrected chi connectivity index (χ0v) is 23.3. The standard InChI is InChI=1S/C28H45N3O4S/c1-7-13-29(14-8-2)25(33)22-21-18-20(6)28(36-21)23(22)26(34)31(16-11-10-12-17-32)24(28)27(35)30(15-9-3)19(4)5/h7,9,19-24,32H,1,3,8,10-18H2,2,4-6H3/t20?,21-,22+,23+,24?,28?/m1/s1. The maximum absolute atomic E-state index is 14.2. The number of rotatable bonds is 14. The first kappa shape index (κ1) is 28.8. The molecule has 3 rings (SSSR count). The number of carbonyl (C=O) groups is 3. The molecule has 3 heterocycles. The number of thioether (sulfide) groups is 1. The number of nitrogens with zero attached hydrogens (tertiary/aromatic N) is 3. The third kappa shape index (κ3) is 4.87. The number of amides is 3. The number of aliphatic hydroxyl groups is 1. The monoisotopic (exact) mass is 519 g/mol. The Kier molecular flexibility index (Phi) is 9.72. The van der Waals surface area contributed by atoms with E-state index in [1.165, 1.54) is 0 Å². The first-order chi connectivity index (χ1) is 17.2. The van der Waals surface area contributed by atoms with Crippen LogP contribution in [0.4, 0.5) is 0 Å². The van der Waals surface area contributed by atoms with E-state index in [4.69, 9.17) is 0 Å². The van der Waals surface area contributed by atoms with Crippen molar-refractivity contribution in [1.82, 2.24) is 14.7 Å². The predicted octanol–water partition coefficient (Wildman–Crippen LogP) is 3.33. The number of aliphatic hydroxyl groups excluding tert-OH is 1. The average molecular weight is 520 g/mol. The van der Waals surface area contributed by atoms with Crippen molar-refractivity contribution < 1.29 is 19.5 Å². The van der Waals surface area contributed by atoms with Crippen LogP contribution in [0.1, 0.15) is 59.8 Å². The summed E-state index contributed by atoms with van der Waals surface area (Å²) in [4.78, 5) is 47.8. The van der Waals surface area contributed by atoms with E-state index in [9.17, 15) is 19.5 Å². The van der Waals surface area contributed by atoms with Gasteiger partial charge in [0.15, 0.2) is 0 Å². The van der Waals surface area contributed by atoms with Crippen molar-refractivity contribution in [1.29, 1.82) is 0 Å². The summed E-state index contributed by atoms with van der Waals surface area (Å²) in [6.45, 7) is 18.0. The molecule has 0 radical (unpaired) electrons. The van der Waals surface area contributed by atoms with Crippen LogP contribution in [-0.2, 0) is 14.4 Å². The van der Waals surface area contributed by atoms with Gasteiger partial charge in [-0.05, 0) is 51.9 Å². The summed E-state index contributed by atoms with van der Waals surface area (Å²) >= 11 is 1.73. The quantitative estimate of drug-likeness (QED) is 0.281. The Hall–Kier alpha value is -1.80. The maximum atomic E-state index is 14.2. The number of hydrogen-bond acceptors (Lipinski definition) is 5. The molecule has 0 saturated carbocycles. The van der Waals surface area contributed by atoms with Gasteiger partial charge in [0.05, 0.1) is 16.6 Å². The van der Waals surface area contributed by atoms with E-state index in [1.54, 1.807) is 28.8 Å². The summed E-state index contributed by atoms with van der Waals surface area (Å²) in [5.74, 6) is -0.797. The molecule has 3 amide bonds. The summed E-state index contributed by atoms with van der Waals surface area (Å²) in [7, 11) is 0. The Morgan fingerprint density at radius 2 is 1.89 bits per heavy atom. The molecule has 6 atom stereocenters. The van der Waals surface area contributed by atoms with Gasteiger partial charge in [0, 0.05) is 44.1 Å². The van der Waals surface area contributed by atoms with Crippen LogP contribution in [0.3, 0.4) is 0 Å². The van der Waals surface area contributed by atoms with Gasteiger partial charge in [-0.15, -0.1) is 24.9 Å². The molecule has 36 heavy (non-hydrogen) atoms. The van der Waals surface area contributed by atoms with E-state index < -0.39 is 22.6 Å².